The number of rotatable bonds is 3. The molecule has 4 rings (SSSR count). The van der Waals surface area contributed by atoms with Crippen LogP contribution in [0.5, 0.6) is 0 Å². The second kappa shape index (κ2) is 7.50. The van der Waals surface area contributed by atoms with E-state index in [4.69, 9.17) is 0 Å². The van der Waals surface area contributed by atoms with Gasteiger partial charge in [0.05, 0.1) is 5.69 Å². The number of nitrogens with one attached hydrogen (secondary N) is 1. The van der Waals surface area contributed by atoms with Gasteiger partial charge in [-0.2, -0.15) is 0 Å². The van der Waals surface area contributed by atoms with Gasteiger partial charge < -0.3 is 4.90 Å². The molecule has 2 aromatic rings. The summed E-state index contributed by atoms with van der Waals surface area (Å²) < 4.78 is 14.7. The standard InChI is InChI=1S/C22H20FN3O3/c1-14-6-2-3-7-19(14)26-21(28)17(20(27)24-22(26)29)12-15-8-9-16(13-18(15)23)25-10-4-5-11-25/h2-3,6-9,12-13H,4-5,10-11H2,1H3,(H,24,27,29)/b17-12-. The molecule has 29 heavy (non-hydrogen) atoms. The number of para-hydroxylation sites is 1. The zero-order valence-electron chi connectivity index (χ0n) is 15.9. The highest BCUT2D eigenvalue weighted by atomic mass is 19.1. The number of anilines is 2. The van der Waals surface area contributed by atoms with Gasteiger partial charge in [0.15, 0.2) is 0 Å². The summed E-state index contributed by atoms with van der Waals surface area (Å²) in [6.07, 6.45) is 3.34. The predicted molar refractivity (Wildman–Crippen MR) is 108 cm³/mol. The Hall–Kier alpha value is -3.48. The normalized spacial score (nSPS) is 18.6. The highest BCUT2D eigenvalue weighted by molar-refractivity contribution is 6.39. The van der Waals surface area contributed by atoms with Crippen molar-refractivity contribution >= 4 is 35.3 Å². The monoisotopic (exact) mass is 393 g/mol. The van der Waals surface area contributed by atoms with Crippen molar-refractivity contribution in [2.24, 2.45) is 0 Å². The Morgan fingerprint density at radius 1 is 1.03 bits per heavy atom. The van der Waals surface area contributed by atoms with Gasteiger partial charge in [-0.25, -0.2) is 14.1 Å². The average Bonchev–Trinajstić information content (AvgIpc) is 3.22. The van der Waals surface area contributed by atoms with Gasteiger partial charge in [0, 0.05) is 24.3 Å². The van der Waals surface area contributed by atoms with Crippen LogP contribution in [0, 0.1) is 12.7 Å². The fraction of sp³-hybridized carbons (Fsp3) is 0.227. The summed E-state index contributed by atoms with van der Waals surface area (Å²) in [5.74, 6) is -2.15. The molecular weight excluding hydrogens is 373 g/mol. The van der Waals surface area contributed by atoms with E-state index in [9.17, 15) is 18.8 Å². The minimum atomic E-state index is -0.840. The molecule has 4 amide bonds. The molecule has 1 N–H and O–H groups in total. The molecule has 2 heterocycles. The number of nitrogens with zero attached hydrogens (tertiary/aromatic N) is 2. The first-order valence-corrected chi connectivity index (χ1v) is 9.47. The molecule has 6 nitrogen and oxygen atoms in total. The summed E-state index contributed by atoms with van der Waals surface area (Å²) in [6, 6.07) is 10.8. The Kier molecular flexibility index (Phi) is 4.88. The highest BCUT2D eigenvalue weighted by Crippen LogP contribution is 2.27. The maximum absolute atomic E-state index is 14.7. The molecule has 2 aliphatic heterocycles. The van der Waals surface area contributed by atoms with Crippen molar-refractivity contribution in [3.05, 3.63) is 65.0 Å². The van der Waals surface area contributed by atoms with Gasteiger partial charge in [-0.3, -0.25) is 14.9 Å². The van der Waals surface area contributed by atoms with Crippen molar-refractivity contribution in [1.29, 1.82) is 0 Å². The highest BCUT2D eigenvalue weighted by Gasteiger charge is 2.37. The van der Waals surface area contributed by atoms with Crippen LogP contribution in [0.3, 0.4) is 0 Å². The van der Waals surface area contributed by atoms with Crippen LogP contribution >= 0.6 is 0 Å². The van der Waals surface area contributed by atoms with E-state index in [1.165, 1.54) is 12.1 Å². The predicted octanol–water partition coefficient (Wildman–Crippen LogP) is 3.40. The summed E-state index contributed by atoms with van der Waals surface area (Å²) in [5, 5.41) is 2.16. The molecule has 2 aromatic carbocycles. The molecular formula is C22H20FN3O3. The van der Waals surface area contributed by atoms with Crippen LogP contribution in [0.4, 0.5) is 20.6 Å². The van der Waals surface area contributed by atoms with E-state index in [1.54, 1.807) is 43.3 Å². The molecule has 0 aliphatic carbocycles. The van der Waals surface area contributed by atoms with Crippen molar-refractivity contribution < 1.29 is 18.8 Å². The largest absolute Gasteiger partial charge is 0.371 e. The van der Waals surface area contributed by atoms with Crippen molar-refractivity contribution in [3.63, 3.8) is 0 Å². The Morgan fingerprint density at radius 3 is 2.45 bits per heavy atom. The van der Waals surface area contributed by atoms with Gasteiger partial charge in [0.1, 0.15) is 11.4 Å². The number of hydrogen-bond acceptors (Lipinski definition) is 4. The zero-order chi connectivity index (χ0) is 20.5. The van der Waals surface area contributed by atoms with Crippen molar-refractivity contribution in [2.75, 3.05) is 22.9 Å². The summed E-state index contributed by atoms with van der Waals surface area (Å²) in [7, 11) is 0. The van der Waals surface area contributed by atoms with E-state index >= 15 is 0 Å². The Morgan fingerprint density at radius 2 is 1.76 bits per heavy atom. The number of barbiturate groups is 1. The molecule has 2 fully saturated rings. The lowest BCUT2D eigenvalue weighted by molar-refractivity contribution is -0.122. The van der Waals surface area contributed by atoms with Crippen LogP contribution in [0.1, 0.15) is 24.0 Å². The molecule has 0 bridgehead atoms. The number of amides is 4. The lowest BCUT2D eigenvalue weighted by atomic mass is 10.0. The lowest BCUT2D eigenvalue weighted by Crippen LogP contribution is -2.54. The van der Waals surface area contributed by atoms with E-state index in [0.29, 0.717) is 11.3 Å². The Labute approximate surface area is 167 Å². The third-order valence-corrected chi connectivity index (χ3v) is 5.21. The number of carbonyl (C=O) groups is 3. The minimum Gasteiger partial charge on any atom is -0.371 e. The second-order valence-electron chi connectivity index (χ2n) is 7.14. The molecule has 0 saturated carbocycles. The van der Waals surface area contributed by atoms with Gasteiger partial charge in [-0.15, -0.1) is 0 Å². The number of urea groups is 1. The van der Waals surface area contributed by atoms with E-state index in [1.807, 2.05) is 0 Å². The van der Waals surface area contributed by atoms with Crippen molar-refractivity contribution in [3.8, 4) is 0 Å². The molecule has 0 radical (unpaired) electrons. The fourth-order valence-electron chi connectivity index (χ4n) is 3.65. The number of benzene rings is 2. The first-order valence-electron chi connectivity index (χ1n) is 9.47. The van der Waals surface area contributed by atoms with Crippen LogP contribution < -0.4 is 15.1 Å². The molecule has 2 saturated heterocycles. The number of halogens is 1. The van der Waals surface area contributed by atoms with Gasteiger partial charge in [0.25, 0.3) is 11.8 Å². The maximum atomic E-state index is 14.7. The van der Waals surface area contributed by atoms with Crippen molar-refractivity contribution in [2.45, 2.75) is 19.8 Å². The second-order valence-corrected chi connectivity index (χ2v) is 7.14. The first kappa shape index (κ1) is 18.9. The number of hydrogen-bond donors (Lipinski definition) is 1. The van der Waals surface area contributed by atoms with Gasteiger partial charge in [0.2, 0.25) is 0 Å². The molecule has 2 aliphatic rings. The lowest BCUT2D eigenvalue weighted by Gasteiger charge is -2.27. The zero-order valence-corrected chi connectivity index (χ0v) is 15.9. The van der Waals surface area contributed by atoms with Crippen LogP contribution in [0.2, 0.25) is 0 Å². The van der Waals surface area contributed by atoms with Crippen LogP contribution in [0.25, 0.3) is 6.08 Å². The van der Waals surface area contributed by atoms with Crippen LogP contribution in [-0.4, -0.2) is 30.9 Å². The molecule has 148 valence electrons. The molecule has 7 heteroatoms. The van der Waals surface area contributed by atoms with E-state index in [-0.39, 0.29) is 11.1 Å². The Bertz CT molecular complexity index is 1040. The first-order chi connectivity index (χ1) is 14.0. The third-order valence-electron chi connectivity index (χ3n) is 5.21. The molecule has 0 aromatic heterocycles. The molecule has 0 unspecified atom stereocenters. The van der Waals surface area contributed by atoms with Crippen molar-refractivity contribution in [1.82, 2.24) is 5.32 Å². The van der Waals surface area contributed by atoms with Gasteiger partial charge in [-0.1, -0.05) is 18.2 Å². The summed E-state index contributed by atoms with van der Waals surface area (Å²) in [6.45, 7) is 3.52. The number of imide groups is 2. The molecule has 0 spiro atoms. The summed E-state index contributed by atoms with van der Waals surface area (Å²) in [4.78, 5) is 40.5. The number of carbonyl (C=O) groups excluding carboxylic acids is 3. The maximum Gasteiger partial charge on any atom is 0.335 e. The topological polar surface area (TPSA) is 69.7 Å². The Balaban J connectivity index is 1.69. The van der Waals surface area contributed by atoms with E-state index in [0.717, 1.165) is 36.5 Å². The summed E-state index contributed by atoms with van der Waals surface area (Å²) >= 11 is 0. The smallest absolute Gasteiger partial charge is 0.335 e. The van der Waals surface area contributed by atoms with E-state index < -0.39 is 23.7 Å². The summed E-state index contributed by atoms with van der Waals surface area (Å²) in [5.41, 5.74) is 1.67. The minimum absolute atomic E-state index is 0.116. The SMILES string of the molecule is Cc1ccccc1N1C(=O)NC(=O)/C(=C/c2ccc(N3CCCC3)cc2F)C1=O. The number of aryl methyl sites for hydroxylation is 1. The average molecular weight is 393 g/mol. The van der Waals surface area contributed by atoms with Crippen LogP contribution in [-0.2, 0) is 9.59 Å². The third kappa shape index (κ3) is 3.51. The van der Waals surface area contributed by atoms with Gasteiger partial charge in [-0.05, 0) is 55.7 Å². The van der Waals surface area contributed by atoms with E-state index in [2.05, 4.69) is 10.2 Å². The quantitative estimate of drug-likeness (QED) is 0.641. The van der Waals surface area contributed by atoms with Gasteiger partial charge >= 0.3 is 6.03 Å². The molecule has 0 atom stereocenters. The fourth-order valence-corrected chi connectivity index (χ4v) is 3.65. The van der Waals surface area contributed by atoms with Crippen LogP contribution in [0.15, 0.2) is 48.0 Å².